The van der Waals surface area contributed by atoms with Crippen LogP contribution in [-0.2, 0) is 26.2 Å². The van der Waals surface area contributed by atoms with E-state index in [-0.39, 0.29) is 35.3 Å². The topological polar surface area (TPSA) is 105 Å². The van der Waals surface area contributed by atoms with Crippen LogP contribution in [-0.4, -0.2) is 58.0 Å². The van der Waals surface area contributed by atoms with Gasteiger partial charge in [0.05, 0.1) is 24.8 Å². The number of ether oxygens (including phenoxy) is 2. The van der Waals surface area contributed by atoms with Gasteiger partial charge in [0.2, 0.25) is 11.8 Å². The van der Waals surface area contributed by atoms with Gasteiger partial charge in [-0.1, -0.05) is 26.0 Å². The number of nitrogens with zero attached hydrogens (tertiary/aromatic N) is 2. The lowest BCUT2D eigenvalue weighted by molar-refractivity contribution is -0.140. The number of sulfonamides is 1. The molecule has 3 aromatic rings. The van der Waals surface area contributed by atoms with Crippen molar-refractivity contribution in [2.24, 2.45) is 0 Å². The lowest BCUT2D eigenvalue weighted by Crippen LogP contribution is -2.53. The zero-order valence-electron chi connectivity index (χ0n) is 24.8. The van der Waals surface area contributed by atoms with E-state index in [1.165, 1.54) is 73.7 Å². The van der Waals surface area contributed by atoms with Crippen molar-refractivity contribution in [2.75, 3.05) is 25.1 Å². The average molecular weight is 618 g/mol. The highest BCUT2D eigenvalue weighted by Gasteiger charge is 2.34. The van der Waals surface area contributed by atoms with Gasteiger partial charge in [-0.3, -0.25) is 13.9 Å². The van der Waals surface area contributed by atoms with E-state index in [1.807, 2.05) is 13.8 Å². The second-order valence-electron chi connectivity index (χ2n) is 9.89. The number of benzene rings is 3. The molecule has 12 heteroatoms. The second kappa shape index (κ2) is 14.8. The van der Waals surface area contributed by atoms with Crippen molar-refractivity contribution in [2.45, 2.75) is 57.1 Å². The molecule has 0 heterocycles. The summed E-state index contributed by atoms with van der Waals surface area (Å²) in [6.07, 6.45) is 0.893. The molecule has 0 radical (unpaired) electrons. The van der Waals surface area contributed by atoms with E-state index in [4.69, 9.17) is 9.47 Å². The first kappa shape index (κ1) is 33.3. The molecule has 0 aliphatic heterocycles. The number of anilines is 1. The number of hydrogen-bond donors (Lipinski definition) is 1. The number of nitrogens with one attached hydrogen (secondary N) is 1. The summed E-state index contributed by atoms with van der Waals surface area (Å²) in [5.74, 6) is -1.70. The van der Waals surface area contributed by atoms with Gasteiger partial charge < -0.3 is 19.7 Å². The van der Waals surface area contributed by atoms with Crippen molar-refractivity contribution in [3.05, 3.63) is 83.9 Å². The predicted octanol–water partition coefficient (Wildman–Crippen LogP) is 4.90. The van der Waals surface area contributed by atoms with Crippen molar-refractivity contribution >= 4 is 27.5 Å². The molecular weight excluding hydrogens is 580 g/mol. The number of carbonyl (C=O) groups excluding carboxylic acids is 2. The second-order valence-corrected chi connectivity index (χ2v) is 11.8. The molecule has 0 fully saturated rings. The Bertz CT molecular complexity index is 1500. The highest BCUT2D eigenvalue weighted by Crippen LogP contribution is 2.32. The molecule has 0 bridgehead atoms. The minimum atomic E-state index is -4.43. The van der Waals surface area contributed by atoms with E-state index in [1.54, 1.807) is 6.92 Å². The van der Waals surface area contributed by atoms with Gasteiger partial charge in [0, 0.05) is 18.7 Å². The molecule has 0 unspecified atom stereocenters. The zero-order chi connectivity index (χ0) is 31.7. The number of halogens is 2. The first-order valence-electron chi connectivity index (χ1n) is 13.8. The van der Waals surface area contributed by atoms with Crippen molar-refractivity contribution in [3.63, 3.8) is 0 Å². The first-order chi connectivity index (χ1) is 20.4. The summed E-state index contributed by atoms with van der Waals surface area (Å²) >= 11 is 0. The third-order valence-electron chi connectivity index (χ3n) is 6.99. The Morgan fingerprint density at radius 3 is 1.98 bits per heavy atom. The Morgan fingerprint density at radius 1 is 0.860 bits per heavy atom. The maximum Gasteiger partial charge on any atom is 0.264 e. The minimum absolute atomic E-state index is 0.0309. The molecular formula is C31H37F2N3O6S. The Kier molecular flexibility index (Phi) is 11.5. The van der Waals surface area contributed by atoms with E-state index in [2.05, 4.69) is 5.32 Å². The molecule has 0 saturated heterocycles. The minimum Gasteiger partial charge on any atom is -0.493 e. The third kappa shape index (κ3) is 8.22. The highest BCUT2D eigenvalue weighted by molar-refractivity contribution is 7.92. The van der Waals surface area contributed by atoms with Crippen molar-refractivity contribution < 1.29 is 36.3 Å². The first-order valence-corrected chi connectivity index (χ1v) is 15.2. The van der Waals surface area contributed by atoms with E-state index < -0.39 is 46.1 Å². The molecule has 1 N–H and O–H groups in total. The fourth-order valence-electron chi connectivity index (χ4n) is 4.39. The van der Waals surface area contributed by atoms with Crippen LogP contribution < -0.4 is 19.1 Å². The average Bonchev–Trinajstić information content (AvgIpc) is 3.00. The molecule has 0 aliphatic rings. The Balaban J connectivity index is 2.09. The van der Waals surface area contributed by atoms with Crippen LogP contribution in [0.1, 0.15) is 39.2 Å². The maximum atomic E-state index is 14.1. The zero-order valence-corrected chi connectivity index (χ0v) is 25.7. The summed E-state index contributed by atoms with van der Waals surface area (Å²) in [6.45, 7) is 4.69. The van der Waals surface area contributed by atoms with E-state index in [0.29, 0.717) is 17.7 Å². The molecule has 3 aromatic carbocycles. The summed E-state index contributed by atoms with van der Waals surface area (Å²) in [6, 6.07) is 13.0. The summed E-state index contributed by atoms with van der Waals surface area (Å²) < 4.78 is 66.9. The largest absolute Gasteiger partial charge is 0.493 e. The summed E-state index contributed by atoms with van der Waals surface area (Å²) in [7, 11) is -1.66. The smallest absolute Gasteiger partial charge is 0.264 e. The number of rotatable bonds is 14. The third-order valence-corrected chi connectivity index (χ3v) is 8.76. The fourth-order valence-corrected chi connectivity index (χ4v) is 5.82. The SMILES string of the molecule is CC[C@@H](C)NC(=O)[C@H](CC)N(Cc1ccc(F)cc1)C(=O)CN(c1ccc(F)cc1)S(=O)(=O)c1ccc(OC)c(OC)c1. The van der Waals surface area contributed by atoms with Gasteiger partial charge in [-0.2, -0.15) is 0 Å². The maximum absolute atomic E-state index is 14.1. The number of amides is 2. The Labute approximate surface area is 251 Å². The molecule has 3 rings (SSSR count). The molecule has 0 aromatic heterocycles. The van der Waals surface area contributed by atoms with Crippen molar-refractivity contribution in [1.82, 2.24) is 10.2 Å². The van der Waals surface area contributed by atoms with Gasteiger partial charge in [0.15, 0.2) is 11.5 Å². The Morgan fingerprint density at radius 2 is 1.44 bits per heavy atom. The molecule has 232 valence electrons. The quantitative estimate of drug-likeness (QED) is 0.276. The Hall–Kier alpha value is -4.19. The van der Waals surface area contributed by atoms with Gasteiger partial charge >= 0.3 is 0 Å². The molecule has 43 heavy (non-hydrogen) atoms. The number of carbonyl (C=O) groups is 2. The van der Waals surface area contributed by atoms with E-state index in [0.717, 1.165) is 16.4 Å². The fraction of sp³-hybridized carbons (Fsp3) is 0.355. The van der Waals surface area contributed by atoms with Crippen LogP contribution in [0.5, 0.6) is 11.5 Å². The number of methoxy groups -OCH3 is 2. The van der Waals surface area contributed by atoms with Crippen LogP contribution in [0.25, 0.3) is 0 Å². The molecule has 2 atom stereocenters. The molecule has 2 amide bonds. The van der Waals surface area contributed by atoms with E-state index >= 15 is 0 Å². The van der Waals surface area contributed by atoms with Gasteiger partial charge in [0.25, 0.3) is 10.0 Å². The normalized spacial score (nSPS) is 12.6. The lowest BCUT2D eigenvalue weighted by Gasteiger charge is -2.33. The summed E-state index contributed by atoms with van der Waals surface area (Å²) in [5, 5.41) is 2.89. The van der Waals surface area contributed by atoms with Gasteiger partial charge in [0.1, 0.15) is 24.2 Å². The van der Waals surface area contributed by atoms with Gasteiger partial charge in [-0.05, 0) is 73.9 Å². The van der Waals surface area contributed by atoms with Crippen molar-refractivity contribution in [1.29, 1.82) is 0 Å². The molecule has 0 spiro atoms. The summed E-state index contributed by atoms with van der Waals surface area (Å²) in [5.41, 5.74) is 0.573. The monoisotopic (exact) mass is 617 g/mol. The molecule has 0 saturated carbocycles. The standard InChI is InChI=1S/C31H37F2N3O6S/c1-6-21(3)34-31(38)27(7-2)35(19-22-8-10-23(32)11-9-22)30(37)20-36(25-14-12-24(33)13-15-25)43(39,40)26-16-17-28(41-4)29(18-26)42-5/h8-18,21,27H,6-7,19-20H2,1-5H3,(H,34,38)/t21-,27+/m1/s1. The van der Waals surface area contributed by atoms with Crippen LogP contribution in [0.15, 0.2) is 71.6 Å². The molecule has 9 nitrogen and oxygen atoms in total. The van der Waals surface area contributed by atoms with E-state index in [9.17, 15) is 26.8 Å². The van der Waals surface area contributed by atoms with Crippen LogP contribution in [0, 0.1) is 11.6 Å². The highest BCUT2D eigenvalue weighted by atomic mass is 32.2. The van der Waals surface area contributed by atoms with Crippen LogP contribution >= 0.6 is 0 Å². The van der Waals surface area contributed by atoms with Gasteiger partial charge in [-0.15, -0.1) is 0 Å². The van der Waals surface area contributed by atoms with Crippen LogP contribution in [0.4, 0.5) is 14.5 Å². The predicted molar refractivity (Wildman–Crippen MR) is 159 cm³/mol. The van der Waals surface area contributed by atoms with Crippen LogP contribution in [0.3, 0.4) is 0 Å². The summed E-state index contributed by atoms with van der Waals surface area (Å²) in [4.78, 5) is 28.5. The van der Waals surface area contributed by atoms with Crippen molar-refractivity contribution in [3.8, 4) is 11.5 Å². The van der Waals surface area contributed by atoms with Gasteiger partial charge in [-0.25, -0.2) is 17.2 Å². The van der Waals surface area contributed by atoms with Crippen LogP contribution in [0.2, 0.25) is 0 Å². The lowest BCUT2D eigenvalue weighted by atomic mass is 10.1. The molecule has 0 aliphatic carbocycles. The number of hydrogen-bond acceptors (Lipinski definition) is 6.